The lowest BCUT2D eigenvalue weighted by Gasteiger charge is -2.21. The maximum Gasteiger partial charge on any atom is 0.312 e. The summed E-state index contributed by atoms with van der Waals surface area (Å²) in [4.78, 5) is 23.5. The lowest BCUT2D eigenvalue weighted by atomic mass is 10.0. The molecular formula is C15H24N4O5S. The van der Waals surface area contributed by atoms with Crippen molar-refractivity contribution in [3.63, 3.8) is 0 Å². The first-order valence-electron chi connectivity index (χ1n) is 7.48. The van der Waals surface area contributed by atoms with Gasteiger partial charge in [-0.3, -0.25) is 4.79 Å². The number of hydrogen-bond donors (Lipinski definition) is 3. The molecule has 3 amide bonds. The van der Waals surface area contributed by atoms with Gasteiger partial charge in [0.15, 0.2) is 0 Å². The van der Waals surface area contributed by atoms with E-state index in [1.54, 1.807) is 13.8 Å². The maximum absolute atomic E-state index is 12.5. The van der Waals surface area contributed by atoms with E-state index >= 15 is 0 Å². The molecule has 0 aliphatic rings. The minimum atomic E-state index is -3.68. The van der Waals surface area contributed by atoms with Crippen molar-refractivity contribution >= 4 is 27.6 Å². The molecule has 0 aromatic heterocycles. The number of methoxy groups -OCH3 is 1. The van der Waals surface area contributed by atoms with Gasteiger partial charge in [-0.15, -0.1) is 0 Å². The zero-order chi connectivity index (χ0) is 19.4. The predicted octanol–water partition coefficient (Wildman–Crippen LogP) is 0.577. The summed E-state index contributed by atoms with van der Waals surface area (Å²) in [5.74, 6) is -0.480. The van der Waals surface area contributed by atoms with Gasteiger partial charge in [-0.2, -0.15) is 0 Å². The molecule has 0 saturated carbocycles. The molecule has 0 fully saturated rings. The number of nitrogens with one attached hydrogen (secondary N) is 2. The summed E-state index contributed by atoms with van der Waals surface area (Å²) in [6.07, 6.45) is 0. The Bertz CT molecular complexity index is 746. The number of amides is 3. The van der Waals surface area contributed by atoms with Gasteiger partial charge in [-0.1, -0.05) is 13.8 Å². The molecule has 0 spiro atoms. The summed E-state index contributed by atoms with van der Waals surface area (Å²) in [5, 5.41) is 4.94. The van der Waals surface area contributed by atoms with Crippen molar-refractivity contribution < 1.29 is 22.7 Å². The Morgan fingerprint density at radius 1 is 1.24 bits per heavy atom. The monoisotopic (exact) mass is 372 g/mol. The molecule has 0 radical (unpaired) electrons. The van der Waals surface area contributed by atoms with E-state index in [-0.39, 0.29) is 22.3 Å². The Hall–Kier alpha value is -2.33. The topological polar surface area (TPSA) is 131 Å². The van der Waals surface area contributed by atoms with Crippen molar-refractivity contribution in [2.75, 3.05) is 26.5 Å². The number of carbonyl (C=O) groups excluding carboxylic acids is 2. The lowest BCUT2D eigenvalue weighted by Crippen LogP contribution is -2.49. The smallest absolute Gasteiger partial charge is 0.312 e. The number of nitrogens with two attached hydrogens (primary N) is 1. The minimum Gasteiger partial charge on any atom is -0.495 e. The Labute approximate surface area is 147 Å². The number of carbonyl (C=O) groups is 2. The third kappa shape index (κ3) is 5.07. The first kappa shape index (κ1) is 20.7. The molecular weight excluding hydrogens is 348 g/mol. The van der Waals surface area contributed by atoms with Crippen LogP contribution < -0.4 is 21.1 Å². The van der Waals surface area contributed by atoms with Crippen LogP contribution in [-0.4, -0.2) is 51.9 Å². The van der Waals surface area contributed by atoms with Gasteiger partial charge in [0.05, 0.1) is 17.7 Å². The standard InChI is InChI=1S/C15H24N4O5S/c1-9(2)13(18-15(16)21)14(20)17-11-8-10(6-7-12(11)24-5)25(22,23)19(3)4/h6-9,13H,1-5H3,(H,17,20)(H3,16,18,21)/t13-/m0/s1. The fraction of sp³-hybridized carbons (Fsp3) is 0.467. The highest BCUT2D eigenvalue weighted by Gasteiger charge is 2.25. The van der Waals surface area contributed by atoms with Crippen molar-refractivity contribution in [1.29, 1.82) is 0 Å². The highest BCUT2D eigenvalue weighted by atomic mass is 32.2. The highest BCUT2D eigenvalue weighted by molar-refractivity contribution is 7.89. The van der Waals surface area contributed by atoms with E-state index in [9.17, 15) is 18.0 Å². The second-order valence-electron chi connectivity index (χ2n) is 5.87. The molecule has 1 aromatic rings. The van der Waals surface area contributed by atoms with Gasteiger partial charge in [0.25, 0.3) is 0 Å². The van der Waals surface area contributed by atoms with Gasteiger partial charge in [-0.05, 0) is 24.1 Å². The summed E-state index contributed by atoms with van der Waals surface area (Å²) < 4.78 is 30.7. The van der Waals surface area contributed by atoms with Crippen LogP contribution in [0.1, 0.15) is 13.8 Å². The molecule has 25 heavy (non-hydrogen) atoms. The summed E-state index contributed by atoms with van der Waals surface area (Å²) >= 11 is 0. The van der Waals surface area contributed by atoms with E-state index in [1.807, 2.05) is 0 Å². The third-order valence-corrected chi connectivity index (χ3v) is 5.27. The average Bonchev–Trinajstić information content (AvgIpc) is 2.51. The largest absolute Gasteiger partial charge is 0.495 e. The number of ether oxygens (including phenoxy) is 1. The fourth-order valence-electron chi connectivity index (χ4n) is 2.05. The molecule has 0 heterocycles. The van der Waals surface area contributed by atoms with Crippen molar-refractivity contribution in [3.8, 4) is 5.75 Å². The van der Waals surface area contributed by atoms with Crippen molar-refractivity contribution in [2.45, 2.75) is 24.8 Å². The molecule has 0 aliphatic carbocycles. The van der Waals surface area contributed by atoms with Crippen LogP contribution in [0.2, 0.25) is 0 Å². The zero-order valence-electron chi connectivity index (χ0n) is 14.9. The van der Waals surface area contributed by atoms with Crippen molar-refractivity contribution in [2.24, 2.45) is 11.7 Å². The number of anilines is 1. The number of nitrogens with zero attached hydrogens (tertiary/aromatic N) is 1. The van der Waals surface area contributed by atoms with E-state index in [1.165, 1.54) is 39.4 Å². The number of rotatable bonds is 7. The van der Waals surface area contributed by atoms with E-state index < -0.39 is 28.0 Å². The lowest BCUT2D eigenvalue weighted by molar-refractivity contribution is -0.118. The van der Waals surface area contributed by atoms with Crippen molar-refractivity contribution in [3.05, 3.63) is 18.2 Å². The van der Waals surface area contributed by atoms with Crippen LogP contribution in [0.25, 0.3) is 0 Å². The van der Waals surface area contributed by atoms with Gasteiger partial charge >= 0.3 is 6.03 Å². The molecule has 0 aliphatic heterocycles. The van der Waals surface area contributed by atoms with Crippen LogP contribution in [0.4, 0.5) is 10.5 Å². The second-order valence-corrected chi connectivity index (χ2v) is 8.02. The molecule has 1 aromatic carbocycles. The van der Waals surface area contributed by atoms with Crippen LogP contribution in [0.15, 0.2) is 23.1 Å². The molecule has 10 heteroatoms. The molecule has 9 nitrogen and oxygen atoms in total. The molecule has 4 N–H and O–H groups in total. The zero-order valence-corrected chi connectivity index (χ0v) is 15.7. The van der Waals surface area contributed by atoms with E-state index in [0.717, 1.165) is 4.31 Å². The van der Waals surface area contributed by atoms with E-state index in [4.69, 9.17) is 10.5 Å². The van der Waals surface area contributed by atoms with Gasteiger partial charge in [0.1, 0.15) is 11.8 Å². The summed E-state index contributed by atoms with van der Waals surface area (Å²) in [5.41, 5.74) is 5.27. The first-order chi connectivity index (χ1) is 11.5. The van der Waals surface area contributed by atoms with E-state index in [2.05, 4.69) is 10.6 Å². The van der Waals surface area contributed by atoms with Gasteiger partial charge in [0, 0.05) is 14.1 Å². The molecule has 140 valence electrons. The highest BCUT2D eigenvalue weighted by Crippen LogP contribution is 2.28. The number of sulfonamides is 1. The first-order valence-corrected chi connectivity index (χ1v) is 8.92. The summed E-state index contributed by atoms with van der Waals surface area (Å²) in [7, 11) is 0.529. The van der Waals surface area contributed by atoms with Crippen LogP contribution in [-0.2, 0) is 14.8 Å². The molecule has 0 unspecified atom stereocenters. The number of hydrogen-bond acceptors (Lipinski definition) is 5. The van der Waals surface area contributed by atoms with Crippen LogP contribution in [0.5, 0.6) is 5.75 Å². The number of primary amides is 1. The summed E-state index contributed by atoms with van der Waals surface area (Å²) in [6, 6.07) is 2.41. The normalized spacial score (nSPS) is 12.8. The molecule has 0 bridgehead atoms. The quantitative estimate of drug-likeness (QED) is 0.644. The van der Waals surface area contributed by atoms with Crippen molar-refractivity contribution in [1.82, 2.24) is 9.62 Å². The van der Waals surface area contributed by atoms with Gasteiger partial charge in [-0.25, -0.2) is 17.5 Å². The fourth-order valence-corrected chi connectivity index (χ4v) is 2.98. The molecule has 0 saturated heterocycles. The minimum absolute atomic E-state index is 0.00226. The molecule has 1 atom stereocenters. The predicted molar refractivity (Wildman–Crippen MR) is 93.8 cm³/mol. The van der Waals surface area contributed by atoms with E-state index in [0.29, 0.717) is 0 Å². The Kier molecular flexibility index (Phi) is 6.77. The average molecular weight is 372 g/mol. The number of urea groups is 1. The molecule has 1 rings (SSSR count). The second kappa shape index (κ2) is 8.17. The van der Waals surface area contributed by atoms with Crippen LogP contribution in [0, 0.1) is 5.92 Å². The van der Waals surface area contributed by atoms with Crippen LogP contribution >= 0.6 is 0 Å². The Morgan fingerprint density at radius 3 is 2.28 bits per heavy atom. The Morgan fingerprint density at radius 2 is 1.84 bits per heavy atom. The summed E-state index contributed by atoms with van der Waals surface area (Å²) in [6.45, 7) is 3.48. The van der Waals surface area contributed by atoms with Crippen LogP contribution in [0.3, 0.4) is 0 Å². The third-order valence-electron chi connectivity index (χ3n) is 3.45. The van der Waals surface area contributed by atoms with Gasteiger partial charge < -0.3 is 21.1 Å². The number of benzene rings is 1. The SMILES string of the molecule is COc1ccc(S(=O)(=O)N(C)C)cc1NC(=O)[C@@H](NC(N)=O)C(C)C. The van der Waals surface area contributed by atoms with Gasteiger partial charge in [0.2, 0.25) is 15.9 Å². The Balaban J connectivity index is 3.23. The maximum atomic E-state index is 12.5.